The van der Waals surface area contributed by atoms with Gasteiger partial charge in [0.05, 0.1) is 12.2 Å². The Balaban J connectivity index is 1.72. The molecule has 122 valence electrons. The fourth-order valence-electron chi connectivity index (χ4n) is 3.77. The predicted molar refractivity (Wildman–Crippen MR) is 89.1 cm³/mol. The summed E-state index contributed by atoms with van der Waals surface area (Å²) in [5, 5.41) is 9.32. The van der Waals surface area contributed by atoms with Crippen molar-refractivity contribution in [2.45, 2.75) is 39.0 Å². The van der Waals surface area contributed by atoms with Crippen LogP contribution in [0.15, 0.2) is 24.3 Å². The highest BCUT2D eigenvalue weighted by Crippen LogP contribution is 2.27. The molecular formula is C18H28N2O2. The first-order chi connectivity index (χ1) is 10.7. The number of hydrogen-bond donors (Lipinski definition) is 1. The molecule has 0 saturated carbocycles. The minimum Gasteiger partial charge on any atom is -0.396 e. The smallest absolute Gasteiger partial charge is 0.0726 e. The van der Waals surface area contributed by atoms with E-state index in [4.69, 9.17) is 4.74 Å². The second kappa shape index (κ2) is 6.99. The SMILES string of the molecule is CC1CN(c2ccccc2CN2CCC(CO)C2)CC(C)O1. The van der Waals surface area contributed by atoms with Crippen LogP contribution < -0.4 is 4.90 Å². The average molecular weight is 304 g/mol. The molecule has 1 aromatic carbocycles. The van der Waals surface area contributed by atoms with Crippen molar-refractivity contribution in [3.63, 3.8) is 0 Å². The van der Waals surface area contributed by atoms with Gasteiger partial charge in [0, 0.05) is 38.5 Å². The molecule has 0 amide bonds. The van der Waals surface area contributed by atoms with Gasteiger partial charge in [-0.2, -0.15) is 0 Å². The minimum atomic E-state index is 0.280. The molecule has 3 atom stereocenters. The van der Waals surface area contributed by atoms with Gasteiger partial charge in [-0.1, -0.05) is 18.2 Å². The quantitative estimate of drug-likeness (QED) is 0.924. The van der Waals surface area contributed by atoms with Crippen molar-refractivity contribution in [2.24, 2.45) is 5.92 Å². The lowest BCUT2D eigenvalue weighted by Crippen LogP contribution is -2.46. The zero-order chi connectivity index (χ0) is 15.5. The Morgan fingerprint density at radius 3 is 2.55 bits per heavy atom. The Hall–Kier alpha value is -1.10. The van der Waals surface area contributed by atoms with Crippen LogP contribution in [0.5, 0.6) is 0 Å². The Bertz CT molecular complexity index is 484. The Kier molecular flexibility index (Phi) is 5.01. The number of benzene rings is 1. The third-order valence-electron chi connectivity index (χ3n) is 4.77. The zero-order valence-electron chi connectivity index (χ0n) is 13.7. The molecule has 0 bridgehead atoms. The summed E-state index contributed by atoms with van der Waals surface area (Å²) >= 11 is 0. The number of nitrogens with zero attached hydrogens (tertiary/aromatic N) is 2. The van der Waals surface area contributed by atoms with E-state index >= 15 is 0 Å². The van der Waals surface area contributed by atoms with Gasteiger partial charge in [-0.05, 0) is 44.4 Å². The third-order valence-corrected chi connectivity index (χ3v) is 4.77. The number of anilines is 1. The van der Waals surface area contributed by atoms with Gasteiger partial charge >= 0.3 is 0 Å². The second-order valence-corrected chi connectivity index (χ2v) is 6.86. The van der Waals surface area contributed by atoms with Gasteiger partial charge < -0.3 is 14.7 Å². The molecule has 2 saturated heterocycles. The van der Waals surface area contributed by atoms with Crippen molar-refractivity contribution in [3.8, 4) is 0 Å². The molecule has 1 N–H and O–H groups in total. The van der Waals surface area contributed by atoms with Crippen molar-refractivity contribution in [3.05, 3.63) is 29.8 Å². The first-order valence-corrected chi connectivity index (χ1v) is 8.47. The summed E-state index contributed by atoms with van der Waals surface area (Å²) in [4.78, 5) is 4.93. The van der Waals surface area contributed by atoms with Gasteiger partial charge in [0.2, 0.25) is 0 Å². The van der Waals surface area contributed by atoms with E-state index in [0.29, 0.717) is 12.5 Å². The molecule has 0 spiro atoms. The maximum atomic E-state index is 9.32. The number of rotatable bonds is 4. The number of ether oxygens (including phenoxy) is 1. The van der Waals surface area contributed by atoms with Crippen LogP contribution in [0.1, 0.15) is 25.8 Å². The van der Waals surface area contributed by atoms with Gasteiger partial charge in [0.15, 0.2) is 0 Å². The largest absolute Gasteiger partial charge is 0.396 e. The van der Waals surface area contributed by atoms with Gasteiger partial charge in [0.25, 0.3) is 0 Å². The molecule has 4 heteroatoms. The van der Waals surface area contributed by atoms with Crippen LogP contribution in [0.3, 0.4) is 0 Å². The first-order valence-electron chi connectivity index (χ1n) is 8.47. The standard InChI is InChI=1S/C18H28N2O2/c1-14-9-20(10-15(2)22-14)18-6-4-3-5-17(18)12-19-8-7-16(11-19)13-21/h3-6,14-16,21H,7-13H2,1-2H3. The molecule has 0 radical (unpaired) electrons. The first kappa shape index (κ1) is 15.8. The molecule has 2 aliphatic heterocycles. The lowest BCUT2D eigenvalue weighted by molar-refractivity contribution is -0.00528. The Morgan fingerprint density at radius 2 is 1.86 bits per heavy atom. The minimum absolute atomic E-state index is 0.280. The van der Waals surface area contributed by atoms with Gasteiger partial charge in [-0.15, -0.1) is 0 Å². The Morgan fingerprint density at radius 1 is 1.14 bits per heavy atom. The van der Waals surface area contributed by atoms with Crippen LogP contribution in [0.2, 0.25) is 0 Å². The van der Waals surface area contributed by atoms with Crippen molar-refractivity contribution < 1.29 is 9.84 Å². The third kappa shape index (κ3) is 3.62. The van der Waals surface area contributed by atoms with Crippen LogP contribution >= 0.6 is 0 Å². The van der Waals surface area contributed by atoms with E-state index in [1.54, 1.807) is 0 Å². The number of morpholine rings is 1. The highest BCUT2D eigenvalue weighted by atomic mass is 16.5. The molecule has 3 rings (SSSR count). The van der Waals surface area contributed by atoms with Crippen LogP contribution in [0.25, 0.3) is 0 Å². The van der Waals surface area contributed by atoms with Crippen LogP contribution in [-0.2, 0) is 11.3 Å². The van der Waals surface area contributed by atoms with Crippen LogP contribution in [0.4, 0.5) is 5.69 Å². The summed E-state index contributed by atoms with van der Waals surface area (Å²) in [6.07, 6.45) is 1.68. The van der Waals surface area contributed by atoms with Crippen molar-refractivity contribution in [1.29, 1.82) is 0 Å². The zero-order valence-corrected chi connectivity index (χ0v) is 13.7. The number of aliphatic hydroxyl groups excluding tert-OH is 1. The fraction of sp³-hybridized carbons (Fsp3) is 0.667. The number of aliphatic hydroxyl groups is 1. The average Bonchev–Trinajstić information content (AvgIpc) is 2.94. The molecule has 0 aliphatic carbocycles. The van der Waals surface area contributed by atoms with Gasteiger partial charge in [0.1, 0.15) is 0 Å². The number of hydrogen-bond acceptors (Lipinski definition) is 4. The summed E-state index contributed by atoms with van der Waals surface area (Å²) in [6.45, 7) is 9.62. The molecule has 2 heterocycles. The molecule has 22 heavy (non-hydrogen) atoms. The summed E-state index contributed by atoms with van der Waals surface area (Å²) in [5.41, 5.74) is 2.74. The van der Waals surface area contributed by atoms with Gasteiger partial charge in [-0.25, -0.2) is 0 Å². The number of para-hydroxylation sites is 1. The highest BCUT2D eigenvalue weighted by molar-refractivity contribution is 5.54. The predicted octanol–water partition coefficient (Wildman–Crippen LogP) is 2.11. The van der Waals surface area contributed by atoms with Crippen LogP contribution in [-0.4, -0.2) is 55.0 Å². The summed E-state index contributed by atoms with van der Waals surface area (Å²) in [5.74, 6) is 0.454. The summed E-state index contributed by atoms with van der Waals surface area (Å²) in [7, 11) is 0. The molecule has 1 aromatic rings. The Labute approximate surface area is 133 Å². The topological polar surface area (TPSA) is 35.9 Å². The fourth-order valence-corrected chi connectivity index (χ4v) is 3.77. The summed E-state index contributed by atoms with van der Waals surface area (Å²) < 4.78 is 5.86. The molecular weight excluding hydrogens is 276 g/mol. The van der Waals surface area contributed by atoms with E-state index < -0.39 is 0 Å². The normalized spacial score (nSPS) is 30.0. The second-order valence-electron chi connectivity index (χ2n) is 6.86. The van der Waals surface area contributed by atoms with E-state index in [-0.39, 0.29) is 12.2 Å². The maximum absolute atomic E-state index is 9.32. The molecule has 3 unspecified atom stereocenters. The monoisotopic (exact) mass is 304 g/mol. The number of likely N-dealkylation sites (tertiary alicyclic amines) is 1. The highest BCUT2D eigenvalue weighted by Gasteiger charge is 2.26. The molecule has 4 nitrogen and oxygen atoms in total. The molecule has 2 aliphatic rings. The van der Waals surface area contributed by atoms with Crippen molar-refractivity contribution >= 4 is 5.69 Å². The van der Waals surface area contributed by atoms with Crippen molar-refractivity contribution in [2.75, 3.05) is 37.7 Å². The molecule has 2 fully saturated rings. The summed E-state index contributed by atoms with van der Waals surface area (Å²) in [6, 6.07) is 8.74. The van der Waals surface area contributed by atoms with E-state index in [1.165, 1.54) is 11.3 Å². The van der Waals surface area contributed by atoms with E-state index in [1.807, 2.05) is 0 Å². The van der Waals surface area contributed by atoms with Crippen molar-refractivity contribution in [1.82, 2.24) is 4.90 Å². The maximum Gasteiger partial charge on any atom is 0.0726 e. The van der Waals surface area contributed by atoms with E-state index in [9.17, 15) is 5.11 Å². The van der Waals surface area contributed by atoms with E-state index in [2.05, 4.69) is 47.9 Å². The lowest BCUT2D eigenvalue weighted by atomic mass is 10.1. The van der Waals surface area contributed by atoms with E-state index in [0.717, 1.165) is 39.1 Å². The van der Waals surface area contributed by atoms with Crippen LogP contribution in [0, 0.1) is 5.92 Å². The lowest BCUT2D eigenvalue weighted by Gasteiger charge is -2.38. The molecule has 0 aromatic heterocycles. The van der Waals surface area contributed by atoms with Gasteiger partial charge in [-0.3, -0.25) is 4.90 Å².